The molecule has 1 fully saturated rings. The summed E-state index contributed by atoms with van der Waals surface area (Å²) in [5.41, 5.74) is 7.14. The lowest BCUT2D eigenvalue weighted by Gasteiger charge is -2.11. The van der Waals surface area contributed by atoms with Gasteiger partial charge in [-0.3, -0.25) is 9.78 Å². The summed E-state index contributed by atoms with van der Waals surface area (Å²) in [7, 11) is 0. The SMILES string of the molecule is Cc1ccc(C2CC(C(=O)NCCCNc3cccnc3)NN2)o1. The van der Waals surface area contributed by atoms with Crippen molar-refractivity contribution in [2.75, 3.05) is 18.4 Å². The molecule has 2 aromatic heterocycles. The maximum Gasteiger partial charge on any atom is 0.238 e. The van der Waals surface area contributed by atoms with Crippen LogP contribution in [0.25, 0.3) is 0 Å². The average Bonchev–Trinajstić information content (AvgIpc) is 3.24. The smallest absolute Gasteiger partial charge is 0.238 e. The number of aryl methyl sites for hydroxylation is 1. The Kier molecular flexibility index (Phi) is 5.45. The highest BCUT2D eigenvalue weighted by Crippen LogP contribution is 2.23. The number of nitrogens with one attached hydrogen (secondary N) is 4. The third-order valence-corrected chi connectivity index (χ3v) is 3.97. The van der Waals surface area contributed by atoms with Gasteiger partial charge in [0.2, 0.25) is 5.91 Å². The Balaban J connectivity index is 1.34. The van der Waals surface area contributed by atoms with E-state index in [4.69, 9.17) is 4.42 Å². The van der Waals surface area contributed by atoms with E-state index in [2.05, 4.69) is 26.5 Å². The van der Waals surface area contributed by atoms with Gasteiger partial charge in [0.25, 0.3) is 0 Å². The van der Waals surface area contributed by atoms with Crippen LogP contribution in [0.2, 0.25) is 0 Å². The largest absolute Gasteiger partial charge is 0.465 e. The van der Waals surface area contributed by atoms with Gasteiger partial charge in [0, 0.05) is 25.5 Å². The first kappa shape index (κ1) is 16.5. The number of amides is 1. The molecular formula is C17H23N5O2. The normalized spacial score (nSPS) is 20.0. The van der Waals surface area contributed by atoms with Gasteiger partial charge < -0.3 is 15.1 Å². The Morgan fingerprint density at radius 2 is 2.25 bits per heavy atom. The lowest BCUT2D eigenvalue weighted by atomic mass is 10.1. The number of hydrogen-bond acceptors (Lipinski definition) is 6. The number of pyridine rings is 1. The quantitative estimate of drug-likeness (QED) is 0.576. The van der Waals surface area contributed by atoms with E-state index in [0.717, 1.165) is 30.2 Å². The summed E-state index contributed by atoms with van der Waals surface area (Å²) >= 11 is 0. The predicted octanol–water partition coefficient (Wildman–Crippen LogP) is 1.51. The summed E-state index contributed by atoms with van der Waals surface area (Å²) in [5.74, 6) is 1.74. The highest BCUT2D eigenvalue weighted by atomic mass is 16.3. The van der Waals surface area contributed by atoms with Gasteiger partial charge in [-0.2, -0.15) is 0 Å². The fourth-order valence-electron chi connectivity index (χ4n) is 2.68. The van der Waals surface area contributed by atoms with Crippen LogP contribution < -0.4 is 21.5 Å². The molecule has 0 radical (unpaired) electrons. The highest BCUT2D eigenvalue weighted by molar-refractivity contribution is 5.82. The molecule has 0 aromatic carbocycles. The fraction of sp³-hybridized carbons (Fsp3) is 0.412. The zero-order valence-electron chi connectivity index (χ0n) is 13.7. The number of rotatable bonds is 7. The number of hydrogen-bond donors (Lipinski definition) is 4. The van der Waals surface area contributed by atoms with Gasteiger partial charge >= 0.3 is 0 Å². The van der Waals surface area contributed by atoms with E-state index >= 15 is 0 Å². The van der Waals surface area contributed by atoms with Crippen LogP contribution in [-0.2, 0) is 4.79 Å². The van der Waals surface area contributed by atoms with Crippen molar-refractivity contribution in [3.05, 3.63) is 48.2 Å². The first-order valence-corrected chi connectivity index (χ1v) is 8.21. The number of carbonyl (C=O) groups is 1. The van der Waals surface area contributed by atoms with Gasteiger partial charge in [-0.25, -0.2) is 10.9 Å². The van der Waals surface area contributed by atoms with Crippen molar-refractivity contribution >= 4 is 11.6 Å². The number of anilines is 1. The Morgan fingerprint density at radius 1 is 1.33 bits per heavy atom. The van der Waals surface area contributed by atoms with Gasteiger partial charge in [0.1, 0.15) is 17.6 Å². The standard InChI is InChI=1S/C17H23N5O2/c1-12-5-6-16(24-12)14-10-15(22-21-14)17(23)20-9-3-8-19-13-4-2-7-18-11-13/h2,4-7,11,14-15,19,21-22H,3,8-10H2,1H3,(H,20,23). The predicted molar refractivity (Wildman–Crippen MR) is 91.2 cm³/mol. The lowest BCUT2D eigenvalue weighted by Crippen LogP contribution is -2.43. The van der Waals surface area contributed by atoms with Gasteiger partial charge in [-0.15, -0.1) is 0 Å². The molecule has 0 spiro atoms. The Hall–Kier alpha value is -2.38. The van der Waals surface area contributed by atoms with Crippen molar-refractivity contribution < 1.29 is 9.21 Å². The zero-order valence-corrected chi connectivity index (χ0v) is 13.7. The molecule has 1 aliphatic rings. The average molecular weight is 329 g/mol. The summed E-state index contributed by atoms with van der Waals surface area (Å²) in [6.45, 7) is 3.33. The molecule has 1 aliphatic heterocycles. The molecule has 0 bridgehead atoms. The molecule has 2 aromatic rings. The first-order valence-electron chi connectivity index (χ1n) is 8.21. The minimum atomic E-state index is -0.244. The Bertz CT molecular complexity index is 658. The molecule has 2 unspecified atom stereocenters. The van der Waals surface area contributed by atoms with E-state index in [-0.39, 0.29) is 18.0 Å². The van der Waals surface area contributed by atoms with E-state index < -0.39 is 0 Å². The van der Waals surface area contributed by atoms with E-state index in [1.165, 1.54) is 0 Å². The van der Waals surface area contributed by atoms with Gasteiger partial charge in [0.05, 0.1) is 11.7 Å². The molecular weight excluding hydrogens is 306 g/mol. The molecule has 4 N–H and O–H groups in total. The second-order valence-corrected chi connectivity index (χ2v) is 5.89. The molecule has 0 saturated carbocycles. The molecule has 3 heterocycles. The summed E-state index contributed by atoms with van der Waals surface area (Å²) in [4.78, 5) is 16.2. The van der Waals surface area contributed by atoms with E-state index in [1.54, 1.807) is 12.4 Å². The van der Waals surface area contributed by atoms with Crippen molar-refractivity contribution in [1.82, 2.24) is 21.2 Å². The summed E-state index contributed by atoms with van der Waals surface area (Å²) in [5, 5.41) is 6.23. The van der Waals surface area contributed by atoms with Crippen LogP contribution in [0.4, 0.5) is 5.69 Å². The van der Waals surface area contributed by atoms with Crippen LogP contribution >= 0.6 is 0 Å². The molecule has 1 saturated heterocycles. The van der Waals surface area contributed by atoms with Crippen LogP contribution in [0.3, 0.4) is 0 Å². The second kappa shape index (κ2) is 7.94. The van der Waals surface area contributed by atoms with E-state index in [0.29, 0.717) is 13.0 Å². The Labute approximate surface area is 141 Å². The third kappa shape index (κ3) is 4.33. The fourth-order valence-corrected chi connectivity index (χ4v) is 2.68. The van der Waals surface area contributed by atoms with Crippen molar-refractivity contribution in [2.24, 2.45) is 0 Å². The maximum absolute atomic E-state index is 12.2. The van der Waals surface area contributed by atoms with Crippen LogP contribution in [-0.4, -0.2) is 30.0 Å². The number of furan rings is 1. The highest BCUT2D eigenvalue weighted by Gasteiger charge is 2.31. The summed E-state index contributed by atoms with van der Waals surface area (Å²) in [6, 6.07) is 7.52. The number of nitrogens with zero attached hydrogens (tertiary/aromatic N) is 1. The van der Waals surface area contributed by atoms with Crippen molar-refractivity contribution in [2.45, 2.75) is 31.8 Å². The molecule has 1 amide bonds. The molecule has 2 atom stereocenters. The number of aromatic nitrogens is 1. The monoisotopic (exact) mass is 329 g/mol. The lowest BCUT2D eigenvalue weighted by molar-refractivity contribution is -0.122. The van der Waals surface area contributed by atoms with Crippen molar-refractivity contribution in [3.63, 3.8) is 0 Å². The first-order chi connectivity index (χ1) is 11.7. The molecule has 3 rings (SSSR count). The molecule has 7 heteroatoms. The topological polar surface area (TPSA) is 91.2 Å². The Morgan fingerprint density at radius 3 is 3.00 bits per heavy atom. The summed E-state index contributed by atoms with van der Waals surface area (Å²) in [6.07, 6.45) is 5.04. The molecule has 7 nitrogen and oxygen atoms in total. The van der Waals surface area contributed by atoms with Gasteiger partial charge in [0.15, 0.2) is 0 Å². The molecule has 24 heavy (non-hydrogen) atoms. The van der Waals surface area contributed by atoms with Crippen molar-refractivity contribution in [3.8, 4) is 0 Å². The molecule has 128 valence electrons. The minimum Gasteiger partial charge on any atom is -0.465 e. The number of hydrazine groups is 1. The summed E-state index contributed by atoms with van der Waals surface area (Å²) < 4.78 is 5.60. The van der Waals surface area contributed by atoms with Crippen LogP contribution in [0.5, 0.6) is 0 Å². The van der Waals surface area contributed by atoms with E-state index in [1.807, 2.05) is 31.2 Å². The van der Waals surface area contributed by atoms with Crippen LogP contribution in [0.1, 0.15) is 30.4 Å². The van der Waals surface area contributed by atoms with Crippen LogP contribution in [0, 0.1) is 6.92 Å². The van der Waals surface area contributed by atoms with Crippen LogP contribution in [0.15, 0.2) is 41.1 Å². The third-order valence-electron chi connectivity index (χ3n) is 3.97. The minimum absolute atomic E-state index is 0.00894. The van der Waals surface area contributed by atoms with Crippen molar-refractivity contribution in [1.29, 1.82) is 0 Å². The maximum atomic E-state index is 12.2. The van der Waals surface area contributed by atoms with Gasteiger partial charge in [-0.05, 0) is 44.0 Å². The zero-order chi connectivity index (χ0) is 16.8. The molecule has 0 aliphatic carbocycles. The van der Waals surface area contributed by atoms with Gasteiger partial charge in [-0.1, -0.05) is 0 Å². The number of carbonyl (C=O) groups excluding carboxylic acids is 1. The van der Waals surface area contributed by atoms with E-state index in [9.17, 15) is 4.79 Å². The second-order valence-electron chi connectivity index (χ2n) is 5.89.